The Labute approximate surface area is 139 Å². The molecule has 0 heterocycles. The van der Waals surface area contributed by atoms with E-state index in [-0.39, 0.29) is 24.2 Å². The highest BCUT2D eigenvalue weighted by Gasteiger charge is 2.20. The summed E-state index contributed by atoms with van der Waals surface area (Å²) in [5.74, 6) is 1.25. The molecule has 0 atom stereocenters. The summed E-state index contributed by atoms with van der Waals surface area (Å²) in [6.07, 6.45) is 5.87. The van der Waals surface area contributed by atoms with Crippen molar-refractivity contribution in [2.75, 3.05) is 0 Å². The van der Waals surface area contributed by atoms with Crippen LogP contribution in [-0.4, -0.2) is 24.2 Å². The van der Waals surface area contributed by atoms with Gasteiger partial charge in [-0.1, -0.05) is 19.3 Å². The van der Waals surface area contributed by atoms with Gasteiger partial charge in [0.1, 0.15) is 11.5 Å². The summed E-state index contributed by atoms with van der Waals surface area (Å²) in [5, 5.41) is 3.15. The molecule has 4 nitrogen and oxygen atoms in total. The van der Waals surface area contributed by atoms with Crippen molar-refractivity contribution in [1.29, 1.82) is 0 Å². The molecule has 0 spiro atoms. The molecule has 0 bridgehead atoms. The first kappa shape index (κ1) is 17.6. The maximum absolute atomic E-state index is 12.7. The number of amides is 1. The number of carbonyl (C=O) groups is 1. The molecule has 0 unspecified atom stereocenters. The minimum atomic E-state index is -0.0678. The average molecular weight is 319 g/mol. The van der Waals surface area contributed by atoms with Gasteiger partial charge in [0.25, 0.3) is 5.91 Å². The van der Waals surface area contributed by atoms with E-state index in [2.05, 4.69) is 5.32 Å². The predicted molar refractivity (Wildman–Crippen MR) is 92.3 cm³/mol. The molecular formula is C19H29NO3. The molecule has 1 amide bonds. The van der Waals surface area contributed by atoms with Crippen molar-refractivity contribution in [3.8, 4) is 11.5 Å². The third-order valence-corrected chi connectivity index (χ3v) is 3.87. The lowest BCUT2D eigenvalue weighted by atomic mass is 9.95. The van der Waals surface area contributed by atoms with Gasteiger partial charge in [-0.2, -0.15) is 0 Å². The second kappa shape index (κ2) is 8.23. The quantitative estimate of drug-likeness (QED) is 0.849. The first-order valence-electron chi connectivity index (χ1n) is 8.74. The van der Waals surface area contributed by atoms with Gasteiger partial charge in [-0.15, -0.1) is 0 Å². The Hall–Kier alpha value is -1.71. The molecule has 1 fully saturated rings. The highest BCUT2D eigenvalue weighted by molar-refractivity contribution is 5.97. The average Bonchev–Trinajstić information content (AvgIpc) is 2.48. The first-order valence-corrected chi connectivity index (χ1v) is 8.74. The van der Waals surface area contributed by atoms with Gasteiger partial charge in [0.2, 0.25) is 0 Å². The number of nitrogens with one attached hydrogen (secondary N) is 1. The smallest absolute Gasteiger partial charge is 0.255 e. The van der Waals surface area contributed by atoms with Gasteiger partial charge in [0.15, 0.2) is 0 Å². The maximum Gasteiger partial charge on any atom is 0.255 e. The van der Waals surface area contributed by atoms with Crippen molar-refractivity contribution in [2.24, 2.45) is 0 Å². The van der Waals surface area contributed by atoms with Crippen molar-refractivity contribution in [3.63, 3.8) is 0 Å². The van der Waals surface area contributed by atoms with Crippen molar-refractivity contribution in [1.82, 2.24) is 5.32 Å². The number of carbonyl (C=O) groups excluding carboxylic acids is 1. The number of ether oxygens (including phenoxy) is 2. The van der Waals surface area contributed by atoms with E-state index >= 15 is 0 Å². The molecule has 1 N–H and O–H groups in total. The van der Waals surface area contributed by atoms with E-state index in [0.29, 0.717) is 17.1 Å². The zero-order valence-corrected chi connectivity index (χ0v) is 14.7. The molecule has 23 heavy (non-hydrogen) atoms. The maximum atomic E-state index is 12.7. The van der Waals surface area contributed by atoms with Gasteiger partial charge >= 0.3 is 0 Å². The summed E-state index contributed by atoms with van der Waals surface area (Å²) in [7, 11) is 0. The molecule has 1 saturated carbocycles. The van der Waals surface area contributed by atoms with Gasteiger partial charge < -0.3 is 14.8 Å². The fourth-order valence-corrected chi connectivity index (χ4v) is 2.90. The van der Waals surface area contributed by atoms with Crippen LogP contribution < -0.4 is 14.8 Å². The van der Waals surface area contributed by atoms with E-state index in [4.69, 9.17) is 9.47 Å². The third-order valence-electron chi connectivity index (χ3n) is 3.87. The highest BCUT2D eigenvalue weighted by Crippen LogP contribution is 2.27. The van der Waals surface area contributed by atoms with Crippen molar-refractivity contribution in [3.05, 3.63) is 23.8 Å². The molecule has 4 heteroatoms. The van der Waals surface area contributed by atoms with Gasteiger partial charge in [-0.3, -0.25) is 4.79 Å². The van der Waals surface area contributed by atoms with Crippen molar-refractivity contribution < 1.29 is 14.3 Å². The van der Waals surface area contributed by atoms with Crippen LogP contribution in [0.1, 0.15) is 70.2 Å². The second-order valence-corrected chi connectivity index (χ2v) is 6.80. The Morgan fingerprint density at radius 3 is 2.30 bits per heavy atom. The molecule has 0 aliphatic heterocycles. The van der Waals surface area contributed by atoms with E-state index in [0.717, 1.165) is 12.8 Å². The Balaban J connectivity index is 2.18. The molecule has 1 aromatic rings. The second-order valence-electron chi connectivity index (χ2n) is 6.80. The number of hydrogen-bond acceptors (Lipinski definition) is 3. The SMILES string of the molecule is CC(C)Oc1ccc(OC(C)C)c(C(=O)NC2CCCCC2)c1. The minimum Gasteiger partial charge on any atom is -0.491 e. The zero-order valence-electron chi connectivity index (χ0n) is 14.7. The van der Waals surface area contributed by atoms with Crippen LogP contribution in [0.25, 0.3) is 0 Å². The largest absolute Gasteiger partial charge is 0.491 e. The predicted octanol–water partition coefficient (Wildman–Crippen LogP) is 4.32. The summed E-state index contributed by atoms with van der Waals surface area (Å²) in [5.41, 5.74) is 0.558. The topological polar surface area (TPSA) is 47.6 Å². The highest BCUT2D eigenvalue weighted by atomic mass is 16.5. The molecule has 0 radical (unpaired) electrons. The molecule has 1 aliphatic carbocycles. The lowest BCUT2D eigenvalue weighted by Crippen LogP contribution is -2.36. The van der Waals surface area contributed by atoms with Crippen LogP contribution in [0.15, 0.2) is 18.2 Å². The van der Waals surface area contributed by atoms with Gasteiger partial charge in [-0.25, -0.2) is 0 Å². The lowest BCUT2D eigenvalue weighted by Gasteiger charge is -2.24. The Kier molecular flexibility index (Phi) is 6.31. The van der Waals surface area contributed by atoms with Gasteiger partial charge in [0, 0.05) is 6.04 Å². The Bertz CT molecular complexity index is 519. The third kappa shape index (κ3) is 5.45. The lowest BCUT2D eigenvalue weighted by molar-refractivity contribution is 0.0921. The molecule has 1 aromatic carbocycles. The van der Waals surface area contributed by atoms with Gasteiger partial charge in [0.05, 0.1) is 17.8 Å². The summed E-state index contributed by atoms with van der Waals surface area (Å²) in [6, 6.07) is 5.75. The normalized spacial score (nSPS) is 15.7. The van der Waals surface area contributed by atoms with Crippen LogP contribution in [0.2, 0.25) is 0 Å². The van der Waals surface area contributed by atoms with Crippen LogP contribution in [-0.2, 0) is 0 Å². The van der Waals surface area contributed by atoms with Crippen LogP contribution >= 0.6 is 0 Å². The van der Waals surface area contributed by atoms with E-state index < -0.39 is 0 Å². The molecule has 0 aromatic heterocycles. The summed E-state index contributed by atoms with van der Waals surface area (Å²) < 4.78 is 11.5. The summed E-state index contributed by atoms with van der Waals surface area (Å²) in [6.45, 7) is 7.86. The van der Waals surface area contributed by atoms with Crippen LogP contribution in [0.4, 0.5) is 0 Å². The molecular weight excluding hydrogens is 290 g/mol. The fraction of sp³-hybridized carbons (Fsp3) is 0.632. The van der Waals surface area contributed by atoms with Crippen molar-refractivity contribution in [2.45, 2.75) is 78.0 Å². The van der Waals surface area contributed by atoms with Crippen LogP contribution in [0.5, 0.6) is 11.5 Å². The standard InChI is InChI=1S/C19H29NO3/c1-13(2)22-16-10-11-18(23-14(3)4)17(12-16)19(21)20-15-8-6-5-7-9-15/h10-15H,5-9H2,1-4H3,(H,20,21). The summed E-state index contributed by atoms with van der Waals surface area (Å²) in [4.78, 5) is 12.7. The number of rotatable bonds is 6. The van der Waals surface area contributed by atoms with Crippen molar-refractivity contribution >= 4 is 5.91 Å². The molecule has 2 rings (SSSR count). The fourth-order valence-electron chi connectivity index (χ4n) is 2.90. The summed E-state index contributed by atoms with van der Waals surface area (Å²) >= 11 is 0. The van der Waals surface area contributed by atoms with E-state index in [1.165, 1.54) is 19.3 Å². The van der Waals surface area contributed by atoms with Crippen LogP contribution in [0.3, 0.4) is 0 Å². The molecule has 1 aliphatic rings. The monoisotopic (exact) mass is 319 g/mol. The molecule has 128 valence electrons. The zero-order chi connectivity index (χ0) is 16.8. The van der Waals surface area contributed by atoms with Gasteiger partial charge in [-0.05, 0) is 58.7 Å². The van der Waals surface area contributed by atoms with Crippen LogP contribution in [0, 0.1) is 0 Å². The first-order chi connectivity index (χ1) is 11.0. The Morgan fingerprint density at radius 1 is 1.04 bits per heavy atom. The molecule has 0 saturated heterocycles. The van der Waals surface area contributed by atoms with E-state index in [9.17, 15) is 4.79 Å². The van der Waals surface area contributed by atoms with E-state index in [1.807, 2.05) is 39.8 Å². The number of hydrogen-bond donors (Lipinski definition) is 1. The Morgan fingerprint density at radius 2 is 1.70 bits per heavy atom. The number of benzene rings is 1. The minimum absolute atomic E-state index is 0.0214. The van der Waals surface area contributed by atoms with E-state index in [1.54, 1.807) is 6.07 Å².